The fourth-order valence-electron chi connectivity index (χ4n) is 2.90. The molecule has 2 aromatic rings. The van der Waals surface area contributed by atoms with Gasteiger partial charge in [-0.3, -0.25) is 4.79 Å². The first-order valence-corrected chi connectivity index (χ1v) is 8.75. The van der Waals surface area contributed by atoms with Gasteiger partial charge < -0.3 is 9.84 Å². The zero-order valence-electron chi connectivity index (χ0n) is 14.5. The van der Waals surface area contributed by atoms with Crippen LogP contribution in [0.4, 0.5) is 0 Å². The summed E-state index contributed by atoms with van der Waals surface area (Å²) < 4.78 is 5.21. The van der Waals surface area contributed by atoms with Crippen molar-refractivity contribution in [3.63, 3.8) is 0 Å². The van der Waals surface area contributed by atoms with E-state index in [1.165, 1.54) is 0 Å². The molecule has 1 amide bonds. The second-order valence-corrected chi connectivity index (χ2v) is 8.47. The molecule has 5 nitrogen and oxygen atoms in total. The molecule has 0 radical (unpaired) electrons. The summed E-state index contributed by atoms with van der Waals surface area (Å²) in [5.74, 6) is 1.08. The molecule has 0 unspecified atom stereocenters. The third kappa shape index (κ3) is 5.78. The van der Waals surface area contributed by atoms with Crippen molar-refractivity contribution in [1.29, 1.82) is 0 Å². The number of aryl methyl sites for hydroxylation is 1. The average molecular weight is 335 g/mol. The van der Waals surface area contributed by atoms with E-state index < -0.39 is 0 Å². The number of hydrogen-bond acceptors (Lipinski definition) is 5. The van der Waals surface area contributed by atoms with E-state index in [9.17, 15) is 4.79 Å². The number of amides is 1. The molecule has 0 spiro atoms. The fraction of sp³-hybridized carbons (Fsp3) is 0.588. The molecule has 0 bridgehead atoms. The molecule has 2 rings (SSSR count). The van der Waals surface area contributed by atoms with Gasteiger partial charge in [0.1, 0.15) is 0 Å². The van der Waals surface area contributed by atoms with Gasteiger partial charge in [0, 0.05) is 29.3 Å². The van der Waals surface area contributed by atoms with Gasteiger partial charge in [-0.05, 0) is 37.1 Å². The van der Waals surface area contributed by atoms with Crippen LogP contribution in [0.2, 0.25) is 0 Å². The maximum absolute atomic E-state index is 12.2. The van der Waals surface area contributed by atoms with Gasteiger partial charge in [-0.25, -0.2) is 0 Å². The van der Waals surface area contributed by atoms with Crippen LogP contribution in [-0.4, -0.2) is 21.6 Å². The van der Waals surface area contributed by atoms with E-state index in [0.29, 0.717) is 24.6 Å². The molecule has 0 aliphatic heterocycles. The summed E-state index contributed by atoms with van der Waals surface area (Å²) in [4.78, 5) is 16.5. The summed E-state index contributed by atoms with van der Waals surface area (Å²) in [6.07, 6.45) is 1.71. The SMILES string of the molecule is CC(C)(C)CC(C)(C)NC(=O)CCc1nc(-c2ccsc2)no1. The van der Waals surface area contributed by atoms with Crippen molar-refractivity contribution in [2.75, 3.05) is 0 Å². The molecule has 6 heteroatoms. The maximum Gasteiger partial charge on any atom is 0.227 e. The molecule has 0 aromatic carbocycles. The number of nitrogens with one attached hydrogen (secondary N) is 1. The largest absolute Gasteiger partial charge is 0.351 e. The van der Waals surface area contributed by atoms with E-state index in [0.717, 1.165) is 12.0 Å². The van der Waals surface area contributed by atoms with Gasteiger partial charge in [-0.1, -0.05) is 25.9 Å². The minimum atomic E-state index is -0.230. The molecule has 0 fully saturated rings. The molecule has 23 heavy (non-hydrogen) atoms. The highest BCUT2D eigenvalue weighted by molar-refractivity contribution is 7.08. The van der Waals surface area contributed by atoms with Crippen molar-refractivity contribution in [1.82, 2.24) is 15.5 Å². The lowest BCUT2D eigenvalue weighted by molar-refractivity contribution is -0.123. The Hall–Kier alpha value is -1.69. The highest BCUT2D eigenvalue weighted by Crippen LogP contribution is 2.27. The van der Waals surface area contributed by atoms with Crippen molar-refractivity contribution in [3.05, 3.63) is 22.7 Å². The quantitative estimate of drug-likeness (QED) is 0.864. The summed E-state index contributed by atoms with van der Waals surface area (Å²) in [7, 11) is 0. The molecule has 2 heterocycles. The molecule has 2 aromatic heterocycles. The third-order valence-corrected chi connectivity index (χ3v) is 3.95. The highest BCUT2D eigenvalue weighted by Gasteiger charge is 2.27. The van der Waals surface area contributed by atoms with E-state index in [4.69, 9.17) is 4.52 Å². The molecule has 0 saturated carbocycles. The van der Waals surface area contributed by atoms with Gasteiger partial charge >= 0.3 is 0 Å². The van der Waals surface area contributed by atoms with Gasteiger partial charge in [0.05, 0.1) is 0 Å². The van der Waals surface area contributed by atoms with Crippen molar-refractivity contribution >= 4 is 17.2 Å². The van der Waals surface area contributed by atoms with Gasteiger partial charge in [-0.15, -0.1) is 0 Å². The predicted molar refractivity (Wildman–Crippen MR) is 92.2 cm³/mol. The summed E-state index contributed by atoms with van der Waals surface area (Å²) in [5, 5.41) is 11.0. The lowest BCUT2D eigenvalue weighted by atomic mass is 9.82. The van der Waals surface area contributed by atoms with E-state index >= 15 is 0 Å². The normalized spacial score (nSPS) is 12.4. The van der Waals surface area contributed by atoms with E-state index in [1.807, 2.05) is 16.8 Å². The lowest BCUT2D eigenvalue weighted by Crippen LogP contribution is -2.45. The molecule has 0 aliphatic carbocycles. The highest BCUT2D eigenvalue weighted by atomic mass is 32.1. The lowest BCUT2D eigenvalue weighted by Gasteiger charge is -2.33. The minimum Gasteiger partial charge on any atom is -0.351 e. The molecule has 0 saturated heterocycles. The minimum absolute atomic E-state index is 0.00883. The van der Waals surface area contributed by atoms with Crippen molar-refractivity contribution in [2.24, 2.45) is 5.41 Å². The number of aromatic nitrogens is 2. The Morgan fingerprint density at radius 3 is 2.65 bits per heavy atom. The average Bonchev–Trinajstić information content (AvgIpc) is 3.03. The number of nitrogens with zero attached hydrogens (tertiary/aromatic N) is 2. The van der Waals surface area contributed by atoms with E-state index in [-0.39, 0.29) is 16.9 Å². The number of thiophene rings is 1. The van der Waals surface area contributed by atoms with Crippen molar-refractivity contribution in [2.45, 2.75) is 59.4 Å². The molecular formula is C17H25N3O2S. The molecular weight excluding hydrogens is 310 g/mol. The van der Waals surface area contributed by atoms with Crippen LogP contribution in [0.15, 0.2) is 21.3 Å². The zero-order chi connectivity index (χ0) is 17.1. The molecule has 126 valence electrons. The predicted octanol–water partition coefficient (Wildman–Crippen LogP) is 4.06. The number of carbonyl (C=O) groups excluding carboxylic acids is 1. The molecule has 0 aliphatic rings. The van der Waals surface area contributed by atoms with Gasteiger partial charge in [0.15, 0.2) is 0 Å². The first-order valence-electron chi connectivity index (χ1n) is 7.81. The summed E-state index contributed by atoms with van der Waals surface area (Å²) in [6.45, 7) is 10.6. The maximum atomic E-state index is 12.2. The Kier molecular flexibility index (Phi) is 5.24. The van der Waals surface area contributed by atoms with Crippen LogP contribution >= 0.6 is 11.3 Å². The van der Waals surface area contributed by atoms with Crippen molar-refractivity contribution in [3.8, 4) is 11.4 Å². The second kappa shape index (κ2) is 6.83. The van der Waals surface area contributed by atoms with Crippen LogP contribution in [0, 0.1) is 5.41 Å². The zero-order valence-corrected chi connectivity index (χ0v) is 15.3. The summed E-state index contributed by atoms with van der Waals surface area (Å²) >= 11 is 1.59. The fourth-order valence-corrected chi connectivity index (χ4v) is 3.53. The van der Waals surface area contributed by atoms with Crippen molar-refractivity contribution < 1.29 is 9.32 Å². The Labute approximate surface area is 141 Å². The monoisotopic (exact) mass is 335 g/mol. The smallest absolute Gasteiger partial charge is 0.227 e. The van der Waals surface area contributed by atoms with Crippen LogP contribution in [0.3, 0.4) is 0 Å². The van der Waals surface area contributed by atoms with Gasteiger partial charge in [0.25, 0.3) is 0 Å². The van der Waals surface area contributed by atoms with Crippen LogP contribution in [0.25, 0.3) is 11.4 Å². The molecule has 1 N–H and O–H groups in total. The van der Waals surface area contributed by atoms with Gasteiger partial charge in [-0.2, -0.15) is 16.3 Å². The Morgan fingerprint density at radius 2 is 2.04 bits per heavy atom. The molecule has 0 atom stereocenters. The number of carbonyl (C=O) groups is 1. The Balaban J connectivity index is 1.85. The summed E-state index contributed by atoms with van der Waals surface area (Å²) in [5.41, 5.74) is 0.880. The van der Waals surface area contributed by atoms with E-state index in [1.54, 1.807) is 11.3 Å². The van der Waals surface area contributed by atoms with Crippen LogP contribution in [0.1, 0.15) is 53.4 Å². The van der Waals surface area contributed by atoms with Crippen LogP contribution in [0.5, 0.6) is 0 Å². The first-order chi connectivity index (χ1) is 10.6. The second-order valence-electron chi connectivity index (χ2n) is 7.69. The Bertz CT molecular complexity index is 639. The number of hydrogen-bond donors (Lipinski definition) is 1. The first kappa shape index (κ1) is 17.7. The topological polar surface area (TPSA) is 68.0 Å². The number of rotatable bonds is 6. The standard InChI is InChI=1S/C17H25N3O2S/c1-16(2,3)11-17(4,5)19-13(21)6-7-14-18-15(20-22-14)12-8-9-23-10-12/h8-10H,6-7,11H2,1-5H3,(H,19,21). The van der Waals surface area contributed by atoms with Gasteiger partial charge in [0.2, 0.25) is 17.6 Å². The van der Waals surface area contributed by atoms with E-state index in [2.05, 4.69) is 50.1 Å². The van der Waals surface area contributed by atoms with Crippen LogP contribution in [-0.2, 0) is 11.2 Å². The Morgan fingerprint density at radius 1 is 1.30 bits per heavy atom. The third-order valence-electron chi connectivity index (χ3n) is 3.26. The summed E-state index contributed by atoms with van der Waals surface area (Å²) in [6, 6.07) is 1.95. The van der Waals surface area contributed by atoms with Crippen LogP contribution < -0.4 is 5.32 Å².